The third kappa shape index (κ3) is 5.94. The lowest BCUT2D eigenvalue weighted by Crippen LogP contribution is -2.60. The number of ether oxygens (including phenoxy) is 1. The van der Waals surface area contributed by atoms with Crippen LogP contribution in [0.1, 0.15) is 18.0 Å². The van der Waals surface area contributed by atoms with Gasteiger partial charge in [0.15, 0.2) is 11.7 Å². The lowest BCUT2D eigenvalue weighted by molar-refractivity contribution is -0.123. The molecule has 3 atom stereocenters. The van der Waals surface area contributed by atoms with E-state index in [4.69, 9.17) is 51.8 Å². The van der Waals surface area contributed by atoms with Gasteiger partial charge in [-0.15, -0.1) is 0 Å². The van der Waals surface area contributed by atoms with Crippen LogP contribution in [0.15, 0.2) is 47.3 Å². The van der Waals surface area contributed by atoms with E-state index in [1.54, 1.807) is 12.1 Å². The zero-order valence-corrected chi connectivity index (χ0v) is 20.9. The molecule has 0 saturated carbocycles. The maximum absolute atomic E-state index is 13.0. The Morgan fingerprint density at radius 2 is 1.88 bits per heavy atom. The molecule has 7 nitrogen and oxygen atoms in total. The number of alkyl halides is 3. The van der Waals surface area contributed by atoms with E-state index >= 15 is 0 Å². The highest BCUT2D eigenvalue weighted by Crippen LogP contribution is 2.35. The molecule has 3 heterocycles. The monoisotopic (exact) mass is 546 g/mol. The summed E-state index contributed by atoms with van der Waals surface area (Å²) in [5.74, 6) is -0.255. The quantitative estimate of drug-likeness (QED) is 0.340. The summed E-state index contributed by atoms with van der Waals surface area (Å²) in [5, 5.41) is 5.85. The Morgan fingerprint density at radius 1 is 1.15 bits per heavy atom. The van der Waals surface area contributed by atoms with Gasteiger partial charge in [-0.2, -0.15) is 0 Å². The van der Waals surface area contributed by atoms with E-state index in [2.05, 4.69) is 10.6 Å². The van der Waals surface area contributed by atoms with Gasteiger partial charge in [-0.25, -0.2) is 4.39 Å². The lowest BCUT2D eigenvalue weighted by atomic mass is 9.83. The number of nitrogens with one attached hydrogen (secondary N) is 2. The molecule has 4 rings (SSSR count). The van der Waals surface area contributed by atoms with E-state index in [0.717, 1.165) is 12.1 Å². The molecular weight excluding hydrogens is 526 g/mol. The second-order valence-electron chi connectivity index (χ2n) is 8.34. The number of hydrogen-bond donors (Lipinski definition) is 2. The van der Waals surface area contributed by atoms with Crippen LogP contribution in [0, 0.1) is 11.7 Å². The first-order chi connectivity index (χ1) is 16.1. The summed E-state index contributed by atoms with van der Waals surface area (Å²) in [6.45, 7) is 1.49. The Morgan fingerprint density at radius 3 is 2.59 bits per heavy atom. The Kier molecular flexibility index (Phi) is 7.57. The van der Waals surface area contributed by atoms with E-state index < -0.39 is 21.7 Å². The Bertz CT molecular complexity index is 1130. The number of nitrogens with zero attached hydrogens (tertiary/aromatic N) is 2. The molecule has 0 unspecified atom stereocenters. The second-order valence-corrected chi connectivity index (χ2v) is 11.1. The van der Waals surface area contributed by atoms with Crippen LogP contribution in [-0.4, -0.2) is 50.1 Å². The van der Waals surface area contributed by atoms with Crippen molar-refractivity contribution in [3.05, 3.63) is 64.3 Å². The molecule has 1 aromatic carbocycles. The van der Waals surface area contributed by atoms with Gasteiger partial charge in [-0.05, 0) is 54.9 Å². The number of rotatable bonds is 5. The number of carbonyl (C=O) groups excluding carboxylic acids is 1. The number of benzene rings is 1. The van der Waals surface area contributed by atoms with Gasteiger partial charge in [0.25, 0.3) is 11.5 Å². The SMILES string of the molecule is O=C(COc1ccc(F)cc1)N[C@@H](NC(=S)N1C[C@@H]2C[C@H](C1)c1cccc(=O)n1C2)C(Cl)(Cl)Cl. The molecule has 0 spiro atoms. The molecule has 2 aromatic rings. The molecule has 1 amide bonds. The van der Waals surface area contributed by atoms with Crippen LogP contribution >= 0.6 is 47.0 Å². The zero-order valence-electron chi connectivity index (χ0n) is 17.8. The van der Waals surface area contributed by atoms with Gasteiger partial charge in [0.05, 0.1) is 0 Å². The standard InChI is InChI=1S/C22H22Cl3FN4O3S/c23-22(24,25)20(27-18(31)12-33-16-6-4-15(26)5-7-16)28-21(34)29-9-13-8-14(11-29)17-2-1-3-19(32)30(17)10-13/h1-7,13-14,20H,8-12H2,(H,27,31)(H,28,34)/t13-,14+,20-/m0/s1. The summed E-state index contributed by atoms with van der Waals surface area (Å²) in [6.07, 6.45) is -0.153. The maximum Gasteiger partial charge on any atom is 0.259 e. The number of pyridine rings is 1. The maximum atomic E-state index is 13.0. The highest BCUT2D eigenvalue weighted by Gasteiger charge is 2.38. The van der Waals surface area contributed by atoms with Crippen molar-refractivity contribution in [2.45, 2.75) is 28.8 Å². The van der Waals surface area contributed by atoms with Crippen LogP contribution in [0.25, 0.3) is 0 Å². The lowest BCUT2D eigenvalue weighted by Gasteiger charge is -2.44. The van der Waals surface area contributed by atoms with Gasteiger partial charge in [0, 0.05) is 37.3 Å². The predicted octanol–water partition coefficient (Wildman–Crippen LogP) is 3.17. The highest BCUT2D eigenvalue weighted by molar-refractivity contribution is 7.80. The van der Waals surface area contributed by atoms with Crippen LogP contribution < -0.4 is 20.9 Å². The van der Waals surface area contributed by atoms with Crippen LogP contribution in [0.5, 0.6) is 5.75 Å². The first kappa shape index (κ1) is 25.0. The van der Waals surface area contributed by atoms with Gasteiger partial charge < -0.3 is 24.8 Å². The fraction of sp³-hybridized carbons (Fsp3) is 0.409. The van der Waals surface area contributed by atoms with Gasteiger partial charge >= 0.3 is 0 Å². The van der Waals surface area contributed by atoms with Crippen molar-refractivity contribution in [1.29, 1.82) is 0 Å². The van der Waals surface area contributed by atoms with Crippen molar-refractivity contribution in [3.8, 4) is 5.75 Å². The summed E-state index contributed by atoms with van der Waals surface area (Å²) >= 11 is 23.9. The number of likely N-dealkylation sites (tertiary alicyclic amines) is 1. The van der Waals surface area contributed by atoms with Crippen molar-refractivity contribution in [2.24, 2.45) is 5.92 Å². The predicted molar refractivity (Wildman–Crippen MR) is 133 cm³/mol. The van der Waals surface area contributed by atoms with Gasteiger partial charge in [-0.1, -0.05) is 40.9 Å². The minimum atomic E-state index is -1.90. The molecule has 2 aliphatic heterocycles. The number of halogens is 4. The number of carbonyl (C=O) groups is 1. The van der Waals surface area contributed by atoms with Crippen LogP contribution in [0.2, 0.25) is 0 Å². The van der Waals surface area contributed by atoms with Crippen molar-refractivity contribution < 1.29 is 13.9 Å². The van der Waals surface area contributed by atoms with E-state index in [9.17, 15) is 14.0 Å². The second kappa shape index (κ2) is 10.3. The van der Waals surface area contributed by atoms with E-state index in [1.807, 2.05) is 15.5 Å². The first-order valence-corrected chi connectivity index (χ1v) is 12.1. The summed E-state index contributed by atoms with van der Waals surface area (Å²) in [7, 11) is 0. The summed E-state index contributed by atoms with van der Waals surface area (Å²) < 4.78 is 18.3. The topological polar surface area (TPSA) is 75.6 Å². The fourth-order valence-corrected chi connectivity index (χ4v) is 4.95. The zero-order chi connectivity index (χ0) is 24.5. The molecule has 2 N–H and O–H groups in total. The number of aromatic nitrogens is 1. The molecule has 1 fully saturated rings. The minimum absolute atomic E-state index is 0.00295. The summed E-state index contributed by atoms with van der Waals surface area (Å²) in [4.78, 5) is 26.6. The number of piperidine rings is 1. The smallest absolute Gasteiger partial charge is 0.259 e. The van der Waals surface area contributed by atoms with Crippen LogP contribution in [0.4, 0.5) is 4.39 Å². The fourth-order valence-electron chi connectivity index (χ4n) is 4.36. The Hall–Kier alpha value is -2.07. The van der Waals surface area contributed by atoms with Gasteiger partial charge in [0.1, 0.15) is 17.7 Å². The van der Waals surface area contributed by atoms with E-state index in [1.165, 1.54) is 24.3 Å². The normalized spacial score (nSPS) is 20.2. The Balaban J connectivity index is 1.38. The van der Waals surface area contributed by atoms with Crippen molar-refractivity contribution in [3.63, 3.8) is 0 Å². The van der Waals surface area contributed by atoms with E-state index in [0.29, 0.717) is 30.5 Å². The average Bonchev–Trinajstić information content (AvgIpc) is 2.78. The molecule has 0 radical (unpaired) electrons. The van der Waals surface area contributed by atoms with Crippen LogP contribution in [0.3, 0.4) is 0 Å². The van der Waals surface area contributed by atoms with Gasteiger partial charge in [-0.3, -0.25) is 9.59 Å². The average molecular weight is 548 g/mol. The molecule has 1 saturated heterocycles. The first-order valence-electron chi connectivity index (χ1n) is 10.6. The molecular formula is C22H22Cl3FN4O3S. The van der Waals surface area contributed by atoms with E-state index in [-0.39, 0.29) is 24.0 Å². The molecule has 12 heteroatoms. The summed E-state index contributed by atoms with van der Waals surface area (Å²) in [5.41, 5.74) is 0.989. The van der Waals surface area contributed by atoms with Crippen molar-refractivity contribution >= 4 is 58.0 Å². The van der Waals surface area contributed by atoms with Crippen LogP contribution in [-0.2, 0) is 11.3 Å². The Labute approximate surface area is 216 Å². The molecule has 34 heavy (non-hydrogen) atoms. The molecule has 1 aromatic heterocycles. The van der Waals surface area contributed by atoms with Crippen molar-refractivity contribution in [1.82, 2.24) is 20.1 Å². The number of fused-ring (bicyclic) bond motifs is 4. The third-order valence-corrected chi connectivity index (χ3v) is 6.88. The molecule has 182 valence electrons. The third-order valence-electron chi connectivity index (χ3n) is 5.85. The number of hydrogen-bond acceptors (Lipinski definition) is 4. The van der Waals surface area contributed by atoms with Gasteiger partial charge in [0.2, 0.25) is 3.79 Å². The molecule has 0 aliphatic carbocycles. The minimum Gasteiger partial charge on any atom is -0.484 e. The molecule has 2 bridgehead atoms. The number of amides is 1. The number of thiocarbonyl (C=S) groups is 1. The van der Waals surface area contributed by atoms with Crippen molar-refractivity contribution in [2.75, 3.05) is 19.7 Å². The highest BCUT2D eigenvalue weighted by atomic mass is 35.6. The molecule has 2 aliphatic rings. The summed E-state index contributed by atoms with van der Waals surface area (Å²) in [6, 6.07) is 10.6. The largest absolute Gasteiger partial charge is 0.484 e.